The highest BCUT2D eigenvalue weighted by Gasteiger charge is 2.45. The van der Waals surface area contributed by atoms with Crippen LogP contribution in [-0.4, -0.2) is 44.8 Å². The molecule has 1 fully saturated rings. The van der Waals surface area contributed by atoms with E-state index >= 15 is 0 Å². The lowest BCUT2D eigenvalue weighted by molar-refractivity contribution is -0.0490. The molecule has 1 aliphatic heterocycles. The van der Waals surface area contributed by atoms with E-state index < -0.39 is 36.9 Å². The van der Waals surface area contributed by atoms with Gasteiger partial charge in [-0.2, -0.15) is 4.98 Å². The van der Waals surface area contributed by atoms with E-state index in [9.17, 15) is 14.3 Å². The summed E-state index contributed by atoms with van der Waals surface area (Å²) in [4.78, 5) is 14.9. The monoisotopic (exact) mass is 245 g/mol. The van der Waals surface area contributed by atoms with E-state index in [-0.39, 0.29) is 5.82 Å². The molecule has 4 N–H and O–H groups in total. The number of aliphatic hydroxyl groups is 2. The van der Waals surface area contributed by atoms with Crippen LogP contribution in [0.2, 0.25) is 0 Å². The molecule has 1 aromatic rings. The molecular formula is C9H12FN3O4. The molecule has 1 aromatic heterocycles. The zero-order valence-corrected chi connectivity index (χ0v) is 8.73. The van der Waals surface area contributed by atoms with Gasteiger partial charge < -0.3 is 20.7 Å². The average Bonchev–Trinajstić information content (AvgIpc) is 2.57. The Labute approximate surface area is 95.3 Å². The number of hydrogen-bond donors (Lipinski definition) is 3. The minimum atomic E-state index is -1.81. The Balaban J connectivity index is 2.32. The molecule has 4 atom stereocenters. The van der Waals surface area contributed by atoms with Gasteiger partial charge in [-0.3, -0.25) is 4.57 Å². The number of hydrogen-bond acceptors (Lipinski definition) is 6. The smallest absolute Gasteiger partial charge is 0.351 e. The number of aliphatic hydroxyl groups excluding tert-OH is 2. The molecule has 0 saturated carbocycles. The summed E-state index contributed by atoms with van der Waals surface area (Å²) >= 11 is 0. The normalized spacial score (nSPS) is 32.9. The first-order valence-corrected chi connectivity index (χ1v) is 4.97. The first-order chi connectivity index (χ1) is 8.04. The Bertz CT molecular complexity index is 466. The van der Waals surface area contributed by atoms with Crippen LogP contribution in [-0.2, 0) is 4.74 Å². The lowest BCUT2D eigenvalue weighted by Gasteiger charge is -2.15. The van der Waals surface area contributed by atoms with Gasteiger partial charge in [-0.1, -0.05) is 0 Å². The van der Waals surface area contributed by atoms with Gasteiger partial charge in [0.25, 0.3) is 0 Å². The van der Waals surface area contributed by atoms with Crippen LogP contribution < -0.4 is 11.4 Å². The molecule has 17 heavy (non-hydrogen) atoms. The van der Waals surface area contributed by atoms with Crippen LogP contribution in [0.4, 0.5) is 10.2 Å². The van der Waals surface area contributed by atoms with Crippen molar-refractivity contribution in [3.8, 4) is 0 Å². The number of alkyl halides is 1. The third kappa shape index (κ3) is 2.02. The largest absolute Gasteiger partial charge is 0.394 e. The molecule has 0 bridgehead atoms. The Kier molecular flexibility index (Phi) is 3.09. The van der Waals surface area contributed by atoms with Crippen molar-refractivity contribution < 1.29 is 19.3 Å². The van der Waals surface area contributed by atoms with Gasteiger partial charge in [-0.15, -0.1) is 0 Å². The molecule has 0 radical (unpaired) electrons. The van der Waals surface area contributed by atoms with Crippen molar-refractivity contribution in [2.75, 3.05) is 12.3 Å². The molecule has 1 saturated heterocycles. The second kappa shape index (κ2) is 4.40. The number of ether oxygens (including phenoxy) is 1. The van der Waals surface area contributed by atoms with Crippen LogP contribution in [0.5, 0.6) is 0 Å². The van der Waals surface area contributed by atoms with E-state index in [2.05, 4.69) is 4.98 Å². The van der Waals surface area contributed by atoms with Crippen molar-refractivity contribution in [3.63, 3.8) is 0 Å². The molecule has 2 rings (SSSR count). The van der Waals surface area contributed by atoms with E-state index in [1.807, 2.05) is 0 Å². The zero-order chi connectivity index (χ0) is 12.6. The van der Waals surface area contributed by atoms with E-state index in [1.54, 1.807) is 0 Å². The third-order valence-corrected chi connectivity index (χ3v) is 2.60. The van der Waals surface area contributed by atoms with Crippen molar-refractivity contribution in [3.05, 3.63) is 22.7 Å². The first-order valence-electron chi connectivity index (χ1n) is 4.97. The van der Waals surface area contributed by atoms with E-state index in [0.717, 1.165) is 4.57 Å². The quantitative estimate of drug-likeness (QED) is 0.579. The molecule has 94 valence electrons. The van der Waals surface area contributed by atoms with E-state index in [0.29, 0.717) is 0 Å². The summed E-state index contributed by atoms with van der Waals surface area (Å²) in [7, 11) is 0. The van der Waals surface area contributed by atoms with Crippen LogP contribution in [0.3, 0.4) is 0 Å². The van der Waals surface area contributed by atoms with Gasteiger partial charge in [0.1, 0.15) is 18.0 Å². The predicted molar refractivity (Wildman–Crippen MR) is 54.8 cm³/mol. The van der Waals surface area contributed by atoms with Crippen LogP contribution in [0, 0.1) is 0 Å². The van der Waals surface area contributed by atoms with Gasteiger partial charge in [0, 0.05) is 6.20 Å². The number of nitrogens with zero attached hydrogens (tertiary/aromatic N) is 2. The summed E-state index contributed by atoms with van der Waals surface area (Å²) in [6.07, 6.45) is -4.42. The van der Waals surface area contributed by atoms with E-state index in [1.165, 1.54) is 12.3 Å². The second-order valence-electron chi connectivity index (χ2n) is 3.72. The summed E-state index contributed by atoms with van der Waals surface area (Å²) < 4.78 is 19.6. The Morgan fingerprint density at radius 3 is 2.88 bits per heavy atom. The van der Waals surface area contributed by atoms with Crippen LogP contribution in [0.15, 0.2) is 17.1 Å². The number of rotatable bonds is 2. The molecule has 2 heterocycles. The molecule has 1 aliphatic rings. The standard InChI is InChI=1S/C9H12FN3O4/c10-6-7(15)4(3-14)17-8(6)13-2-1-5(11)12-9(13)16/h1-2,4,6-8,14-15H,3H2,(H2,11,12,16)/t4-,6-,7+,8-/m1/s1. The summed E-state index contributed by atoms with van der Waals surface area (Å²) in [6.45, 7) is -0.533. The summed E-state index contributed by atoms with van der Waals surface area (Å²) in [5.74, 6) is 0.0129. The van der Waals surface area contributed by atoms with Gasteiger partial charge in [0.2, 0.25) is 0 Å². The third-order valence-electron chi connectivity index (χ3n) is 2.60. The van der Waals surface area contributed by atoms with Crippen LogP contribution >= 0.6 is 0 Å². The zero-order valence-electron chi connectivity index (χ0n) is 8.73. The molecule has 0 amide bonds. The second-order valence-corrected chi connectivity index (χ2v) is 3.72. The number of nitrogens with two attached hydrogens (primary N) is 1. The van der Waals surface area contributed by atoms with Crippen molar-refractivity contribution in [1.82, 2.24) is 9.55 Å². The van der Waals surface area contributed by atoms with E-state index in [4.69, 9.17) is 15.6 Å². The Morgan fingerprint density at radius 2 is 2.35 bits per heavy atom. The molecule has 0 aliphatic carbocycles. The highest BCUT2D eigenvalue weighted by atomic mass is 19.1. The molecule has 7 nitrogen and oxygen atoms in total. The lowest BCUT2D eigenvalue weighted by Crippen LogP contribution is -2.33. The van der Waals surface area contributed by atoms with Gasteiger partial charge in [0.15, 0.2) is 12.4 Å². The maximum absolute atomic E-state index is 13.7. The van der Waals surface area contributed by atoms with Gasteiger partial charge >= 0.3 is 5.69 Å². The Morgan fingerprint density at radius 1 is 1.65 bits per heavy atom. The highest BCUT2D eigenvalue weighted by Crippen LogP contribution is 2.30. The number of anilines is 1. The SMILES string of the molecule is Nc1ccn([C@@H]2O[C@H](CO)[C@H](O)[C@H]2F)c(=O)n1. The fourth-order valence-electron chi connectivity index (χ4n) is 1.70. The highest BCUT2D eigenvalue weighted by molar-refractivity contribution is 5.23. The fraction of sp³-hybridized carbons (Fsp3) is 0.556. The summed E-state index contributed by atoms with van der Waals surface area (Å²) in [6, 6.07) is 1.32. The number of nitrogen functional groups attached to an aromatic ring is 1. The van der Waals surface area contributed by atoms with Crippen molar-refractivity contribution in [2.45, 2.75) is 24.6 Å². The molecule has 0 unspecified atom stereocenters. The minimum Gasteiger partial charge on any atom is -0.394 e. The van der Waals surface area contributed by atoms with Crippen molar-refractivity contribution in [2.24, 2.45) is 0 Å². The van der Waals surface area contributed by atoms with Crippen molar-refractivity contribution >= 4 is 5.82 Å². The predicted octanol–water partition coefficient (Wildman–Crippen LogP) is -1.59. The number of halogens is 1. The Hall–Kier alpha value is -1.51. The van der Waals surface area contributed by atoms with Crippen LogP contribution in [0.25, 0.3) is 0 Å². The summed E-state index contributed by atoms with van der Waals surface area (Å²) in [5.41, 5.74) is 4.52. The average molecular weight is 245 g/mol. The molecule has 0 spiro atoms. The molecular weight excluding hydrogens is 233 g/mol. The minimum absolute atomic E-state index is 0.0129. The maximum atomic E-state index is 13.7. The summed E-state index contributed by atoms with van der Waals surface area (Å²) in [5, 5.41) is 18.3. The molecule has 8 heteroatoms. The number of aromatic nitrogens is 2. The first kappa shape index (κ1) is 12.0. The van der Waals surface area contributed by atoms with Gasteiger partial charge in [-0.05, 0) is 6.07 Å². The van der Waals surface area contributed by atoms with Crippen molar-refractivity contribution in [1.29, 1.82) is 0 Å². The van der Waals surface area contributed by atoms with Gasteiger partial charge in [0.05, 0.1) is 6.61 Å². The molecule has 0 aromatic carbocycles. The van der Waals surface area contributed by atoms with Crippen LogP contribution in [0.1, 0.15) is 6.23 Å². The topological polar surface area (TPSA) is 111 Å². The van der Waals surface area contributed by atoms with Gasteiger partial charge in [-0.25, -0.2) is 9.18 Å². The lowest BCUT2D eigenvalue weighted by atomic mass is 10.1. The maximum Gasteiger partial charge on any atom is 0.351 e. The fourth-order valence-corrected chi connectivity index (χ4v) is 1.70.